The van der Waals surface area contributed by atoms with E-state index >= 15 is 0 Å². The lowest BCUT2D eigenvalue weighted by Crippen LogP contribution is -2.51. The highest BCUT2D eigenvalue weighted by Crippen LogP contribution is 2.27. The van der Waals surface area contributed by atoms with Crippen LogP contribution in [0, 0.1) is 0 Å². The van der Waals surface area contributed by atoms with Gasteiger partial charge in [0.25, 0.3) is 0 Å². The number of ether oxygens (including phenoxy) is 1. The lowest BCUT2D eigenvalue weighted by atomic mass is 9.97. The molecule has 1 aliphatic rings. The van der Waals surface area contributed by atoms with Crippen LogP contribution in [-0.2, 0) is 9.59 Å². The maximum atomic E-state index is 12.6. The number of rotatable bonds is 6. The van der Waals surface area contributed by atoms with Crippen molar-refractivity contribution in [2.75, 3.05) is 32.6 Å². The van der Waals surface area contributed by atoms with Gasteiger partial charge in [0.05, 0.1) is 25.9 Å². The standard InChI is InChI=1S/C19H28ClN3O3/c1-13-6-5-7-14(2)23(13)19(25)12-22(3)11-18(24)21-16-10-15(20)8-9-17(16)26-4/h8-10,13-14H,5-7,11-12H2,1-4H3,(H,21,24)/t13-,14-/m1/s1. The molecule has 2 atom stereocenters. The van der Waals surface area contributed by atoms with Crippen LogP contribution in [0.2, 0.25) is 5.02 Å². The molecule has 26 heavy (non-hydrogen) atoms. The number of carbonyl (C=O) groups is 2. The summed E-state index contributed by atoms with van der Waals surface area (Å²) in [6.45, 7) is 4.50. The van der Waals surface area contributed by atoms with Crippen LogP contribution in [0.1, 0.15) is 33.1 Å². The molecule has 1 saturated heterocycles. The van der Waals surface area contributed by atoms with Gasteiger partial charge in [-0.05, 0) is 58.4 Å². The highest BCUT2D eigenvalue weighted by Gasteiger charge is 2.29. The summed E-state index contributed by atoms with van der Waals surface area (Å²) in [7, 11) is 3.30. The first-order valence-electron chi connectivity index (χ1n) is 8.95. The summed E-state index contributed by atoms with van der Waals surface area (Å²) in [4.78, 5) is 28.6. The number of carbonyl (C=O) groups excluding carboxylic acids is 2. The number of methoxy groups -OCH3 is 1. The molecule has 1 aliphatic heterocycles. The van der Waals surface area contributed by atoms with Gasteiger partial charge in [-0.15, -0.1) is 0 Å². The summed E-state index contributed by atoms with van der Waals surface area (Å²) < 4.78 is 5.23. The van der Waals surface area contributed by atoms with Crippen LogP contribution in [0.4, 0.5) is 5.69 Å². The van der Waals surface area contributed by atoms with Crippen LogP contribution in [0.3, 0.4) is 0 Å². The topological polar surface area (TPSA) is 61.9 Å². The molecular weight excluding hydrogens is 354 g/mol. The molecule has 0 unspecified atom stereocenters. The van der Waals surface area contributed by atoms with E-state index in [-0.39, 0.29) is 37.0 Å². The first kappa shape index (κ1) is 20.5. The van der Waals surface area contributed by atoms with Crippen LogP contribution >= 0.6 is 11.6 Å². The van der Waals surface area contributed by atoms with E-state index in [1.807, 2.05) is 4.90 Å². The molecule has 2 amide bonds. The molecular formula is C19H28ClN3O3. The zero-order chi connectivity index (χ0) is 19.3. The van der Waals surface area contributed by atoms with Gasteiger partial charge in [0, 0.05) is 17.1 Å². The van der Waals surface area contributed by atoms with Crippen molar-refractivity contribution in [3.63, 3.8) is 0 Å². The number of likely N-dealkylation sites (tertiary alicyclic amines) is 1. The Kier molecular flexibility index (Phi) is 7.29. The number of nitrogens with one attached hydrogen (secondary N) is 1. The lowest BCUT2D eigenvalue weighted by molar-refractivity contribution is -0.138. The second kappa shape index (κ2) is 9.24. The molecule has 0 saturated carbocycles. The van der Waals surface area contributed by atoms with E-state index in [2.05, 4.69) is 19.2 Å². The Balaban J connectivity index is 1.91. The minimum absolute atomic E-state index is 0.0698. The minimum atomic E-state index is -0.222. The third-order valence-corrected chi connectivity index (χ3v) is 4.97. The smallest absolute Gasteiger partial charge is 0.238 e. The summed E-state index contributed by atoms with van der Waals surface area (Å²) >= 11 is 5.98. The van der Waals surface area contributed by atoms with Crippen LogP contribution in [0.25, 0.3) is 0 Å². The summed E-state index contributed by atoms with van der Waals surface area (Å²) in [6, 6.07) is 5.54. The molecule has 7 heteroatoms. The highest BCUT2D eigenvalue weighted by atomic mass is 35.5. The summed E-state index contributed by atoms with van der Waals surface area (Å²) in [6.07, 6.45) is 3.23. The van der Waals surface area contributed by atoms with E-state index in [1.165, 1.54) is 7.11 Å². The molecule has 2 rings (SSSR count). The number of likely N-dealkylation sites (N-methyl/N-ethyl adjacent to an activating group) is 1. The van der Waals surface area contributed by atoms with Crippen molar-refractivity contribution >= 4 is 29.1 Å². The third-order valence-electron chi connectivity index (χ3n) is 4.74. The number of piperidine rings is 1. The zero-order valence-electron chi connectivity index (χ0n) is 15.9. The van der Waals surface area contributed by atoms with Crippen LogP contribution in [0.15, 0.2) is 18.2 Å². The van der Waals surface area contributed by atoms with E-state index in [0.717, 1.165) is 19.3 Å². The number of hydrogen-bond acceptors (Lipinski definition) is 4. The summed E-state index contributed by atoms with van der Waals surface area (Å²) in [5.74, 6) is 0.387. The zero-order valence-corrected chi connectivity index (χ0v) is 16.7. The molecule has 0 aliphatic carbocycles. The van der Waals surface area contributed by atoms with Gasteiger partial charge < -0.3 is 15.0 Å². The van der Waals surface area contributed by atoms with Gasteiger partial charge in [0.15, 0.2) is 0 Å². The fourth-order valence-corrected chi connectivity index (χ4v) is 3.67. The van der Waals surface area contributed by atoms with Crippen molar-refractivity contribution in [3.8, 4) is 5.75 Å². The Labute approximate surface area is 160 Å². The van der Waals surface area contributed by atoms with Crippen molar-refractivity contribution in [1.82, 2.24) is 9.80 Å². The van der Waals surface area contributed by atoms with Crippen LogP contribution < -0.4 is 10.1 Å². The maximum Gasteiger partial charge on any atom is 0.238 e. The molecule has 144 valence electrons. The lowest BCUT2D eigenvalue weighted by Gasteiger charge is -2.39. The van der Waals surface area contributed by atoms with Crippen LogP contribution in [-0.4, -0.2) is 60.9 Å². The largest absolute Gasteiger partial charge is 0.495 e. The Morgan fingerprint density at radius 3 is 2.54 bits per heavy atom. The minimum Gasteiger partial charge on any atom is -0.495 e. The molecule has 0 spiro atoms. The van der Waals surface area contributed by atoms with Crippen molar-refractivity contribution in [2.45, 2.75) is 45.2 Å². The van der Waals surface area contributed by atoms with Crippen LogP contribution in [0.5, 0.6) is 5.75 Å². The van der Waals surface area contributed by atoms with E-state index in [0.29, 0.717) is 16.5 Å². The molecule has 0 aromatic heterocycles. The number of amides is 2. The molecule has 0 radical (unpaired) electrons. The highest BCUT2D eigenvalue weighted by molar-refractivity contribution is 6.31. The van der Waals surface area contributed by atoms with E-state index in [4.69, 9.17) is 16.3 Å². The molecule has 1 aromatic carbocycles. The summed E-state index contributed by atoms with van der Waals surface area (Å²) in [5, 5.41) is 3.30. The second-order valence-corrected chi connectivity index (χ2v) is 7.43. The van der Waals surface area contributed by atoms with Crippen molar-refractivity contribution < 1.29 is 14.3 Å². The van der Waals surface area contributed by atoms with Crippen molar-refractivity contribution in [3.05, 3.63) is 23.2 Å². The average Bonchev–Trinajstić information content (AvgIpc) is 2.54. The second-order valence-electron chi connectivity index (χ2n) is 7.00. The molecule has 6 nitrogen and oxygen atoms in total. The SMILES string of the molecule is COc1ccc(Cl)cc1NC(=O)CN(C)CC(=O)N1[C@H](C)CCC[C@H]1C. The Morgan fingerprint density at radius 2 is 1.92 bits per heavy atom. The fraction of sp³-hybridized carbons (Fsp3) is 0.579. The Bertz CT molecular complexity index is 643. The van der Waals surface area contributed by atoms with Crippen molar-refractivity contribution in [1.29, 1.82) is 0 Å². The molecule has 0 bridgehead atoms. The van der Waals surface area contributed by atoms with E-state index < -0.39 is 0 Å². The van der Waals surface area contributed by atoms with E-state index in [1.54, 1.807) is 30.1 Å². The Morgan fingerprint density at radius 1 is 1.27 bits per heavy atom. The summed E-state index contributed by atoms with van der Waals surface area (Å²) in [5.41, 5.74) is 0.517. The predicted octanol–water partition coefficient (Wildman–Crippen LogP) is 3.01. The first-order chi connectivity index (χ1) is 12.3. The number of anilines is 1. The quantitative estimate of drug-likeness (QED) is 0.822. The van der Waals surface area contributed by atoms with E-state index in [9.17, 15) is 9.59 Å². The molecule has 1 N–H and O–H groups in total. The monoisotopic (exact) mass is 381 g/mol. The number of nitrogens with zero attached hydrogens (tertiary/aromatic N) is 2. The van der Waals surface area contributed by atoms with Gasteiger partial charge in [0.1, 0.15) is 5.75 Å². The Hall–Kier alpha value is -1.79. The van der Waals surface area contributed by atoms with Gasteiger partial charge in [-0.25, -0.2) is 0 Å². The average molecular weight is 382 g/mol. The number of benzene rings is 1. The third kappa shape index (κ3) is 5.35. The van der Waals surface area contributed by atoms with Gasteiger partial charge in [-0.1, -0.05) is 11.6 Å². The van der Waals surface area contributed by atoms with Crippen molar-refractivity contribution in [2.24, 2.45) is 0 Å². The number of hydrogen-bond donors (Lipinski definition) is 1. The molecule has 1 fully saturated rings. The van der Waals surface area contributed by atoms with Gasteiger partial charge in [-0.3, -0.25) is 14.5 Å². The first-order valence-corrected chi connectivity index (χ1v) is 9.32. The van der Waals surface area contributed by atoms with Gasteiger partial charge in [0.2, 0.25) is 11.8 Å². The maximum absolute atomic E-state index is 12.6. The van der Waals surface area contributed by atoms with Gasteiger partial charge in [-0.2, -0.15) is 0 Å². The number of halogens is 1. The van der Waals surface area contributed by atoms with Gasteiger partial charge >= 0.3 is 0 Å². The fourth-order valence-electron chi connectivity index (χ4n) is 3.49. The molecule has 1 heterocycles. The molecule has 1 aromatic rings. The predicted molar refractivity (Wildman–Crippen MR) is 104 cm³/mol. The normalized spacial score (nSPS) is 20.2.